The monoisotopic (exact) mass is 429 g/mol. The number of morpholine rings is 1. The summed E-state index contributed by atoms with van der Waals surface area (Å²) in [7, 11) is 0. The number of aromatic nitrogens is 5. The van der Waals surface area contributed by atoms with Gasteiger partial charge in [-0.2, -0.15) is 0 Å². The molecule has 32 heavy (non-hydrogen) atoms. The van der Waals surface area contributed by atoms with Crippen molar-refractivity contribution in [3.8, 4) is 11.1 Å². The first-order valence-corrected chi connectivity index (χ1v) is 11.5. The van der Waals surface area contributed by atoms with E-state index in [1.807, 2.05) is 12.4 Å². The lowest BCUT2D eigenvalue weighted by Gasteiger charge is -2.39. The lowest BCUT2D eigenvalue weighted by molar-refractivity contribution is 0.00791. The van der Waals surface area contributed by atoms with Crippen LogP contribution in [-0.4, -0.2) is 68.2 Å². The van der Waals surface area contributed by atoms with E-state index in [1.54, 1.807) is 12.7 Å². The molecule has 0 radical (unpaired) electrons. The van der Waals surface area contributed by atoms with Gasteiger partial charge in [-0.05, 0) is 43.4 Å². The third-order valence-electron chi connectivity index (χ3n) is 6.88. The van der Waals surface area contributed by atoms with E-state index < -0.39 is 0 Å². The van der Waals surface area contributed by atoms with Crippen LogP contribution in [0.25, 0.3) is 33.1 Å². The number of aromatic amines is 1. The summed E-state index contributed by atoms with van der Waals surface area (Å²) in [6.07, 6.45) is 11.6. The standard InChI is InChI=1S/C24H27N7O/c1-6-21-20(11-16(1)17-12-25-14-26-13-17)22-23(27-15-28-24(22)30-21)29-18-2-4-19(5-3-18)31-7-9-32-10-8-31/h1,6,11-15,18-19H,2-5,7-10H2,(H2,27,28,29,30)/t18-,19-. The van der Waals surface area contributed by atoms with E-state index in [1.165, 1.54) is 12.8 Å². The van der Waals surface area contributed by atoms with Gasteiger partial charge in [0.05, 0.1) is 18.6 Å². The van der Waals surface area contributed by atoms with E-state index in [9.17, 15) is 0 Å². The van der Waals surface area contributed by atoms with Gasteiger partial charge in [-0.3, -0.25) is 4.90 Å². The quantitative estimate of drug-likeness (QED) is 0.512. The Morgan fingerprint density at radius 3 is 2.56 bits per heavy atom. The highest BCUT2D eigenvalue weighted by Gasteiger charge is 2.27. The minimum atomic E-state index is 0.432. The fourth-order valence-electron chi connectivity index (χ4n) is 5.18. The Hall–Kier alpha value is -3.10. The minimum Gasteiger partial charge on any atom is -0.379 e. The molecule has 3 aromatic heterocycles. The molecule has 6 rings (SSSR count). The van der Waals surface area contributed by atoms with Crippen LogP contribution >= 0.6 is 0 Å². The second-order valence-electron chi connectivity index (χ2n) is 8.76. The van der Waals surface area contributed by atoms with E-state index in [0.29, 0.717) is 12.1 Å². The predicted molar refractivity (Wildman–Crippen MR) is 124 cm³/mol. The van der Waals surface area contributed by atoms with E-state index in [4.69, 9.17) is 4.74 Å². The summed E-state index contributed by atoms with van der Waals surface area (Å²) in [6, 6.07) is 7.48. The molecule has 2 fully saturated rings. The van der Waals surface area contributed by atoms with Gasteiger partial charge in [0.2, 0.25) is 0 Å². The van der Waals surface area contributed by atoms with E-state index >= 15 is 0 Å². The number of rotatable bonds is 4. The van der Waals surface area contributed by atoms with Gasteiger partial charge in [-0.15, -0.1) is 0 Å². The van der Waals surface area contributed by atoms with Crippen LogP contribution in [-0.2, 0) is 4.74 Å². The molecule has 4 heterocycles. The average Bonchev–Trinajstić information content (AvgIpc) is 3.24. The van der Waals surface area contributed by atoms with Gasteiger partial charge in [0.25, 0.3) is 0 Å². The van der Waals surface area contributed by atoms with Crippen LogP contribution in [0, 0.1) is 0 Å². The molecule has 2 aliphatic rings. The molecule has 4 aromatic rings. The molecule has 1 aliphatic heterocycles. The summed E-state index contributed by atoms with van der Waals surface area (Å²) >= 11 is 0. The van der Waals surface area contributed by atoms with Gasteiger partial charge in [-0.1, -0.05) is 6.07 Å². The molecule has 0 amide bonds. The highest BCUT2D eigenvalue weighted by atomic mass is 16.5. The molecule has 0 bridgehead atoms. The molecular formula is C24H27N7O. The topological polar surface area (TPSA) is 91.8 Å². The molecule has 1 aliphatic carbocycles. The third-order valence-corrected chi connectivity index (χ3v) is 6.88. The lowest BCUT2D eigenvalue weighted by Crippen LogP contribution is -2.46. The highest BCUT2D eigenvalue weighted by molar-refractivity contribution is 6.12. The van der Waals surface area contributed by atoms with Crippen LogP contribution in [0.4, 0.5) is 5.82 Å². The fourth-order valence-corrected chi connectivity index (χ4v) is 5.18. The Morgan fingerprint density at radius 1 is 0.938 bits per heavy atom. The molecular weight excluding hydrogens is 402 g/mol. The summed E-state index contributed by atoms with van der Waals surface area (Å²) < 4.78 is 5.52. The Kier molecular flexibility index (Phi) is 5.16. The maximum absolute atomic E-state index is 5.52. The van der Waals surface area contributed by atoms with Gasteiger partial charge >= 0.3 is 0 Å². The van der Waals surface area contributed by atoms with Crippen molar-refractivity contribution < 1.29 is 4.74 Å². The predicted octanol–water partition coefficient (Wildman–Crippen LogP) is 3.62. The zero-order valence-corrected chi connectivity index (χ0v) is 18.0. The molecule has 0 unspecified atom stereocenters. The van der Waals surface area contributed by atoms with Crippen molar-refractivity contribution in [1.82, 2.24) is 29.8 Å². The van der Waals surface area contributed by atoms with Crippen molar-refractivity contribution in [2.24, 2.45) is 0 Å². The van der Waals surface area contributed by atoms with Gasteiger partial charge in [0, 0.05) is 54.0 Å². The second kappa shape index (κ2) is 8.44. The third kappa shape index (κ3) is 3.69. The fraction of sp³-hybridized carbons (Fsp3) is 0.417. The molecule has 8 nitrogen and oxygen atoms in total. The van der Waals surface area contributed by atoms with Gasteiger partial charge in [0.1, 0.15) is 24.1 Å². The minimum absolute atomic E-state index is 0.432. The van der Waals surface area contributed by atoms with Gasteiger partial charge in [0.15, 0.2) is 0 Å². The number of anilines is 1. The number of hydrogen-bond acceptors (Lipinski definition) is 7. The Morgan fingerprint density at radius 2 is 1.75 bits per heavy atom. The zero-order valence-electron chi connectivity index (χ0n) is 18.0. The first kappa shape index (κ1) is 19.6. The largest absolute Gasteiger partial charge is 0.379 e. The van der Waals surface area contributed by atoms with E-state index in [2.05, 4.69) is 53.3 Å². The van der Waals surface area contributed by atoms with Crippen LogP contribution in [0.5, 0.6) is 0 Å². The number of ether oxygens (including phenoxy) is 1. The van der Waals surface area contributed by atoms with Crippen LogP contribution in [0.1, 0.15) is 25.7 Å². The van der Waals surface area contributed by atoms with E-state index in [0.717, 1.165) is 78.0 Å². The molecule has 1 aromatic carbocycles. The molecule has 1 saturated heterocycles. The SMILES string of the molecule is c1ncc(-c2ccc3[nH]c4ncnc(N[C@H]5CC[C@H](N6CCOCC6)CC5)c4c3c2)cn1. The lowest BCUT2D eigenvalue weighted by atomic mass is 9.90. The second-order valence-corrected chi connectivity index (χ2v) is 8.76. The van der Waals surface area contributed by atoms with Crippen molar-refractivity contribution in [2.45, 2.75) is 37.8 Å². The Balaban J connectivity index is 1.26. The first-order valence-electron chi connectivity index (χ1n) is 11.5. The molecule has 0 spiro atoms. The number of H-pyrrole nitrogens is 1. The molecule has 2 N–H and O–H groups in total. The number of benzene rings is 1. The van der Waals surface area contributed by atoms with Crippen molar-refractivity contribution in [1.29, 1.82) is 0 Å². The van der Waals surface area contributed by atoms with Crippen LogP contribution in [0.15, 0.2) is 43.2 Å². The number of nitrogens with zero attached hydrogens (tertiary/aromatic N) is 5. The van der Waals surface area contributed by atoms with Crippen LogP contribution < -0.4 is 5.32 Å². The van der Waals surface area contributed by atoms with Crippen molar-refractivity contribution >= 4 is 27.8 Å². The van der Waals surface area contributed by atoms with Gasteiger partial charge in [-0.25, -0.2) is 19.9 Å². The van der Waals surface area contributed by atoms with Crippen LogP contribution in [0.3, 0.4) is 0 Å². The average molecular weight is 430 g/mol. The van der Waals surface area contributed by atoms with Crippen molar-refractivity contribution in [3.05, 3.63) is 43.2 Å². The summed E-state index contributed by atoms with van der Waals surface area (Å²) in [5, 5.41) is 5.92. The maximum Gasteiger partial charge on any atom is 0.143 e. The van der Waals surface area contributed by atoms with Gasteiger partial charge < -0.3 is 15.0 Å². The zero-order chi connectivity index (χ0) is 21.3. The maximum atomic E-state index is 5.52. The van der Waals surface area contributed by atoms with Crippen molar-refractivity contribution in [3.63, 3.8) is 0 Å². The number of nitrogens with one attached hydrogen (secondary N) is 2. The molecule has 1 saturated carbocycles. The summed E-state index contributed by atoms with van der Waals surface area (Å²) in [5.41, 5.74) is 4.00. The molecule has 8 heteroatoms. The number of fused-ring (bicyclic) bond motifs is 3. The van der Waals surface area contributed by atoms with E-state index in [-0.39, 0.29) is 0 Å². The summed E-state index contributed by atoms with van der Waals surface area (Å²) in [5.74, 6) is 0.914. The normalized spacial score (nSPS) is 22.4. The Bertz CT molecular complexity index is 1210. The summed E-state index contributed by atoms with van der Waals surface area (Å²) in [6.45, 7) is 3.88. The first-order chi connectivity index (χ1) is 15.8. The Labute approximate surface area is 186 Å². The molecule has 0 atom stereocenters. The van der Waals surface area contributed by atoms with Crippen LogP contribution in [0.2, 0.25) is 0 Å². The van der Waals surface area contributed by atoms with Crippen molar-refractivity contribution in [2.75, 3.05) is 31.6 Å². The molecule has 164 valence electrons. The smallest absolute Gasteiger partial charge is 0.143 e. The summed E-state index contributed by atoms with van der Waals surface area (Å²) in [4.78, 5) is 23.5. The highest BCUT2D eigenvalue weighted by Crippen LogP contribution is 2.34. The number of hydrogen-bond donors (Lipinski definition) is 2.